The first-order valence-corrected chi connectivity index (χ1v) is 7.25. The van der Waals surface area contributed by atoms with E-state index in [9.17, 15) is 22.8 Å². The van der Waals surface area contributed by atoms with Crippen LogP contribution in [0.25, 0.3) is 0 Å². The van der Waals surface area contributed by atoms with Crippen LogP contribution in [0.5, 0.6) is 0 Å². The molecular weight excluding hydrogens is 335 g/mol. The maximum Gasteiger partial charge on any atom is 0.416 e. The zero-order chi connectivity index (χ0) is 16.5. The van der Waals surface area contributed by atoms with Gasteiger partial charge in [-0.2, -0.15) is 13.2 Å². The van der Waals surface area contributed by atoms with Crippen LogP contribution in [-0.4, -0.2) is 24.0 Å². The minimum Gasteiger partial charge on any atom is -0.365 e. The first-order valence-electron chi connectivity index (χ1n) is 6.87. The van der Waals surface area contributed by atoms with Crippen LogP contribution in [0.2, 0.25) is 5.02 Å². The van der Waals surface area contributed by atoms with E-state index in [0.717, 1.165) is 23.1 Å². The molecule has 0 unspecified atom stereocenters. The van der Waals surface area contributed by atoms with Gasteiger partial charge in [-0.1, -0.05) is 23.8 Å². The molecule has 3 aliphatic heterocycles. The predicted octanol–water partition coefficient (Wildman–Crippen LogP) is 2.80. The highest BCUT2D eigenvalue weighted by Crippen LogP contribution is 2.47. The molecule has 0 saturated carbocycles. The SMILES string of the molecule is O=C1[C@H]2[C@H](C(=O)N1c1cc(C(F)(F)F)ccc1Cl)[C@H]1C=C[C@H]2O1. The molecule has 0 spiro atoms. The molecule has 3 aliphatic rings. The summed E-state index contributed by atoms with van der Waals surface area (Å²) in [4.78, 5) is 25.9. The number of benzene rings is 1. The first-order chi connectivity index (χ1) is 10.8. The summed E-state index contributed by atoms with van der Waals surface area (Å²) in [5.41, 5.74) is -1.20. The second-order valence-electron chi connectivity index (χ2n) is 5.68. The molecule has 120 valence electrons. The highest BCUT2D eigenvalue weighted by molar-refractivity contribution is 6.36. The standard InChI is InChI=1S/C15H9ClF3NO3/c16-7-2-1-6(15(17,18)19)5-8(7)20-13(21)11-9-3-4-10(23-9)12(11)14(20)22/h1-5,9-12H/t9-,10-,11-,12-/m1/s1. The average Bonchev–Trinajstić information content (AvgIpc) is 3.13. The van der Waals surface area contributed by atoms with Crippen molar-refractivity contribution in [3.05, 3.63) is 40.9 Å². The van der Waals surface area contributed by atoms with Crippen molar-refractivity contribution < 1.29 is 27.5 Å². The molecule has 2 saturated heterocycles. The minimum absolute atomic E-state index is 0.0825. The van der Waals surface area contributed by atoms with E-state index in [1.54, 1.807) is 12.2 Å². The quantitative estimate of drug-likeness (QED) is 0.582. The molecule has 0 N–H and O–H groups in total. The van der Waals surface area contributed by atoms with E-state index in [1.165, 1.54) is 0 Å². The lowest BCUT2D eigenvalue weighted by molar-refractivity contribution is -0.137. The Balaban J connectivity index is 1.78. The van der Waals surface area contributed by atoms with E-state index in [0.29, 0.717) is 0 Å². The van der Waals surface area contributed by atoms with Crippen molar-refractivity contribution in [1.29, 1.82) is 0 Å². The van der Waals surface area contributed by atoms with Crippen LogP contribution < -0.4 is 4.90 Å². The van der Waals surface area contributed by atoms with Crippen molar-refractivity contribution in [2.45, 2.75) is 18.4 Å². The smallest absolute Gasteiger partial charge is 0.365 e. The maximum atomic E-state index is 12.9. The van der Waals surface area contributed by atoms with Gasteiger partial charge in [0.05, 0.1) is 40.3 Å². The summed E-state index contributed by atoms with van der Waals surface area (Å²) in [5.74, 6) is -2.53. The van der Waals surface area contributed by atoms with Gasteiger partial charge in [0.1, 0.15) is 0 Å². The van der Waals surface area contributed by atoms with Crippen LogP contribution in [0, 0.1) is 11.8 Å². The molecule has 0 radical (unpaired) electrons. The topological polar surface area (TPSA) is 46.6 Å². The summed E-state index contributed by atoms with van der Waals surface area (Å²) < 4.78 is 44.1. The van der Waals surface area contributed by atoms with Crippen molar-refractivity contribution in [2.24, 2.45) is 11.8 Å². The fourth-order valence-electron chi connectivity index (χ4n) is 3.40. The number of hydrogen-bond acceptors (Lipinski definition) is 3. The van der Waals surface area contributed by atoms with E-state index in [2.05, 4.69) is 0 Å². The molecule has 4 atom stereocenters. The van der Waals surface area contributed by atoms with Gasteiger partial charge < -0.3 is 4.74 Å². The lowest BCUT2D eigenvalue weighted by Gasteiger charge is -2.20. The van der Waals surface area contributed by atoms with Crippen molar-refractivity contribution in [3.63, 3.8) is 0 Å². The van der Waals surface area contributed by atoms with Gasteiger partial charge in [0.15, 0.2) is 0 Å². The predicted molar refractivity (Wildman–Crippen MR) is 73.7 cm³/mol. The molecule has 3 heterocycles. The van der Waals surface area contributed by atoms with Crippen LogP contribution >= 0.6 is 11.6 Å². The molecule has 8 heteroatoms. The van der Waals surface area contributed by atoms with Crippen molar-refractivity contribution >= 4 is 29.1 Å². The molecule has 4 rings (SSSR count). The number of rotatable bonds is 1. The van der Waals surface area contributed by atoms with Gasteiger partial charge in [0, 0.05) is 0 Å². The molecule has 4 nitrogen and oxygen atoms in total. The van der Waals surface area contributed by atoms with Gasteiger partial charge in [-0.15, -0.1) is 0 Å². The summed E-state index contributed by atoms with van der Waals surface area (Å²) in [6.07, 6.45) is -2.19. The molecular formula is C15H9ClF3NO3. The molecule has 0 aromatic heterocycles. The Morgan fingerprint density at radius 2 is 1.61 bits per heavy atom. The van der Waals surface area contributed by atoms with E-state index < -0.39 is 47.6 Å². The zero-order valence-electron chi connectivity index (χ0n) is 11.4. The average molecular weight is 344 g/mol. The number of carbonyl (C=O) groups excluding carboxylic acids is 2. The molecule has 2 amide bonds. The van der Waals surface area contributed by atoms with Gasteiger partial charge in [0.25, 0.3) is 0 Å². The molecule has 0 aliphatic carbocycles. The Morgan fingerprint density at radius 1 is 1.04 bits per heavy atom. The molecule has 2 bridgehead atoms. The van der Waals surface area contributed by atoms with Gasteiger partial charge in [-0.05, 0) is 18.2 Å². The van der Waals surface area contributed by atoms with Crippen LogP contribution in [0.1, 0.15) is 5.56 Å². The summed E-state index contributed by atoms with van der Waals surface area (Å²) in [6, 6.07) is 2.58. The number of hydrogen-bond donors (Lipinski definition) is 0. The van der Waals surface area contributed by atoms with Gasteiger partial charge in [0.2, 0.25) is 11.8 Å². The van der Waals surface area contributed by atoms with Crippen LogP contribution in [0.3, 0.4) is 0 Å². The fraction of sp³-hybridized carbons (Fsp3) is 0.333. The minimum atomic E-state index is -4.59. The first kappa shape index (κ1) is 14.7. The number of carbonyl (C=O) groups is 2. The van der Waals surface area contributed by atoms with E-state index in [1.807, 2.05) is 0 Å². The highest BCUT2D eigenvalue weighted by atomic mass is 35.5. The van der Waals surface area contributed by atoms with Gasteiger partial charge >= 0.3 is 6.18 Å². The number of nitrogens with zero attached hydrogens (tertiary/aromatic N) is 1. The van der Waals surface area contributed by atoms with E-state index >= 15 is 0 Å². The summed E-state index contributed by atoms with van der Waals surface area (Å²) in [7, 11) is 0. The highest BCUT2D eigenvalue weighted by Gasteiger charge is 2.61. The third kappa shape index (κ3) is 1.96. The zero-order valence-corrected chi connectivity index (χ0v) is 12.1. The molecule has 2 fully saturated rings. The molecule has 1 aromatic rings. The fourth-order valence-corrected chi connectivity index (χ4v) is 3.60. The number of ether oxygens (including phenoxy) is 1. The number of fused-ring (bicyclic) bond motifs is 5. The molecule has 23 heavy (non-hydrogen) atoms. The van der Waals surface area contributed by atoms with E-state index in [-0.39, 0.29) is 10.7 Å². The second kappa shape index (κ2) is 4.58. The lowest BCUT2D eigenvalue weighted by Crippen LogP contribution is -2.34. The Bertz CT molecular complexity index is 731. The van der Waals surface area contributed by atoms with Crippen LogP contribution in [0.15, 0.2) is 30.4 Å². The number of anilines is 1. The third-order valence-electron chi connectivity index (χ3n) is 4.42. The Kier molecular flexibility index (Phi) is 2.93. The van der Waals surface area contributed by atoms with Gasteiger partial charge in [-0.3, -0.25) is 9.59 Å². The largest absolute Gasteiger partial charge is 0.416 e. The number of imide groups is 1. The Hall–Kier alpha value is -1.86. The van der Waals surface area contributed by atoms with Crippen molar-refractivity contribution in [2.75, 3.05) is 4.90 Å². The number of halogens is 4. The number of amides is 2. The van der Waals surface area contributed by atoms with Crippen LogP contribution in [0.4, 0.5) is 18.9 Å². The second-order valence-corrected chi connectivity index (χ2v) is 6.08. The van der Waals surface area contributed by atoms with E-state index in [4.69, 9.17) is 16.3 Å². The summed E-state index contributed by atoms with van der Waals surface area (Å²) in [6.45, 7) is 0. The monoisotopic (exact) mass is 343 g/mol. The van der Waals surface area contributed by atoms with Crippen molar-refractivity contribution in [1.82, 2.24) is 0 Å². The maximum absolute atomic E-state index is 12.9. The lowest BCUT2D eigenvalue weighted by atomic mass is 9.85. The van der Waals surface area contributed by atoms with Crippen molar-refractivity contribution in [3.8, 4) is 0 Å². The Labute approximate surface area is 133 Å². The summed E-state index contributed by atoms with van der Waals surface area (Å²) >= 11 is 5.94. The number of alkyl halides is 3. The normalized spacial score (nSPS) is 32.1. The third-order valence-corrected chi connectivity index (χ3v) is 4.74. The van der Waals surface area contributed by atoms with Crippen LogP contribution in [-0.2, 0) is 20.5 Å². The Morgan fingerprint density at radius 3 is 2.13 bits per heavy atom. The molecule has 1 aromatic carbocycles. The summed E-state index contributed by atoms with van der Waals surface area (Å²) in [5, 5.41) is -0.0825. The van der Waals surface area contributed by atoms with Gasteiger partial charge in [-0.25, -0.2) is 4.90 Å².